The maximum Gasteiger partial charge on any atom is 0.0143 e. The first kappa shape index (κ1) is 12.2. The van der Waals surface area contributed by atoms with Crippen LogP contribution >= 0.6 is 47.0 Å². The minimum Gasteiger partial charge on any atom is -0.157 e. The smallest absolute Gasteiger partial charge is 0.0143 e. The van der Waals surface area contributed by atoms with Gasteiger partial charge in [0, 0.05) is 44.0 Å². The molecule has 0 radical (unpaired) electrons. The fourth-order valence-corrected chi connectivity index (χ4v) is 6.08. The van der Waals surface area contributed by atoms with Crippen LogP contribution in [0.3, 0.4) is 0 Å². The fraction of sp³-hybridized carbons (Fsp3) is 1.00. The standard InChI is InChI=1S/C13H20S4/c1(9-5-14-9)13(2-10-6-15-10,3-11-7-16-11)4-12-8-17-12/h9-12H,1-8H2. The molecule has 96 valence electrons. The molecular weight excluding hydrogens is 284 g/mol. The van der Waals surface area contributed by atoms with Crippen molar-refractivity contribution in [3.8, 4) is 0 Å². The van der Waals surface area contributed by atoms with E-state index in [0.717, 1.165) is 26.4 Å². The average Bonchev–Trinajstić information content (AvgIpc) is 3.12. The molecule has 0 saturated carbocycles. The Labute approximate surface area is 122 Å². The molecule has 4 unspecified atom stereocenters. The van der Waals surface area contributed by atoms with Crippen molar-refractivity contribution in [1.29, 1.82) is 0 Å². The van der Waals surface area contributed by atoms with E-state index in [1.54, 1.807) is 25.7 Å². The van der Waals surface area contributed by atoms with Crippen molar-refractivity contribution in [2.45, 2.75) is 46.7 Å². The van der Waals surface area contributed by atoms with E-state index in [0.29, 0.717) is 0 Å². The first-order valence-electron chi connectivity index (χ1n) is 6.78. The number of thioether (sulfide) groups is 4. The molecule has 0 bridgehead atoms. The summed E-state index contributed by atoms with van der Waals surface area (Å²) < 4.78 is 0. The minimum atomic E-state index is 0.755. The second kappa shape index (κ2) is 4.75. The summed E-state index contributed by atoms with van der Waals surface area (Å²) in [5.74, 6) is 5.87. The van der Waals surface area contributed by atoms with Gasteiger partial charge >= 0.3 is 0 Å². The minimum absolute atomic E-state index is 0.755. The van der Waals surface area contributed by atoms with Gasteiger partial charge in [-0.15, -0.1) is 0 Å². The number of rotatable bonds is 8. The van der Waals surface area contributed by atoms with Gasteiger partial charge in [-0.05, 0) is 31.1 Å². The van der Waals surface area contributed by atoms with Gasteiger partial charge < -0.3 is 0 Å². The van der Waals surface area contributed by atoms with Gasteiger partial charge in [0.25, 0.3) is 0 Å². The normalized spacial score (nSPS) is 45.2. The Morgan fingerprint density at radius 3 is 1.00 bits per heavy atom. The molecule has 0 amide bonds. The lowest BCUT2D eigenvalue weighted by Crippen LogP contribution is -2.28. The molecule has 4 rings (SSSR count). The van der Waals surface area contributed by atoms with Crippen molar-refractivity contribution in [3.63, 3.8) is 0 Å². The molecule has 0 N–H and O–H groups in total. The third-order valence-corrected chi connectivity index (χ3v) is 8.14. The van der Waals surface area contributed by atoms with Crippen LogP contribution in [-0.4, -0.2) is 44.0 Å². The van der Waals surface area contributed by atoms with Crippen molar-refractivity contribution < 1.29 is 0 Å². The van der Waals surface area contributed by atoms with E-state index in [1.807, 2.05) is 0 Å². The van der Waals surface area contributed by atoms with Gasteiger partial charge in [0.2, 0.25) is 0 Å². The van der Waals surface area contributed by atoms with Gasteiger partial charge in [-0.2, -0.15) is 47.0 Å². The van der Waals surface area contributed by atoms with E-state index in [2.05, 4.69) is 47.0 Å². The summed E-state index contributed by atoms with van der Waals surface area (Å²) in [6, 6.07) is 0. The molecule has 4 saturated heterocycles. The van der Waals surface area contributed by atoms with Gasteiger partial charge in [-0.3, -0.25) is 0 Å². The van der Waals surface area contributed by atoms with Gasteiger partial charge in [0.15, 0.2) is 0 Å². The highest BCUT2D eigenvalue weighted by Crippen LogP contribution is 2.56. The fourth-order valence-electron chi connectivity index (χ4n) is 3.18. The third kappa shape index (κ3) is 3.70. The summed E-state index contributed by atoms with van der Waals surface area (Å²) in [6.45, 7) is 0. The predicted octanol–water partition coefficient (Wildman–Crippen LogP) is 3.99. The molecule has 4 heterocycles. The summed E-state index contributed by atoms with van der Waals surface area (Å²) in [4.78, 5) is 0. The summed E-state index contributed by atoms with van der Waals surface area (Å²) in [6.07, 6.45) is 6.23. The summed E-state index contributed by atoms with van der Waals surface area (Å²) >= 11 is 8.87. The zero-order valence-electron chi connectivity index (χ0n) is 10.1. The molecule has 0 spiro atoms. The third-order valence-electron chi connectivity index (χ3n) is 4.25. The molecule has 0 aromatic heterocycles. The van der Waals surface area contributed by atoms with Crippen LogP contribution in [0.15, 0.2) is 0 Å². The molecule has 0 aromatic carbocycles. The van der Waals surface area contributed by atoms with E-state index >= 15 is 0 Å². The summed E-state index contributed by atoms with van der Waals surface area (Å²) in [5, 5.41) is 4.19. The summed E-state index contributed by atoms with van der Waals surface area (Å²) in [7, 11) is 0. The van der Waals surface area contributed by atoms with Gasteiger partial charge in [-0.25, -0.2) is 0 Å². The first-order chi connectivity index (χ1) is 8.31. The van der Waals surface area contributed by atoms with Gasteiger partial charge in [-0.1, -0.05) is 0 Å². The maximum atomic E-state index is 2.22. The lowest BCUT2D eigenvalue weighted by atomic mass is 9.72. The molecule has 0 aliphatic carbocycles. The first-order valence-corrected chi connectivity index (χ1v) is 11.0. The molecule has 4 atom stereocenters. The van der Waals surface area contributed by atoms with Crippen molar-refractivity contribution in [2.75, 3.05) is 23.0 Å². The Balaban J connectivity index is 1.46. The van der Waals surface area contributed by atoms with Crippen molar-refractivity contribution in [3.05, 3.63) is 0 Å². The molecule has 4 fully saturated rings. The van der Waals surface area contributed by atoms with Crippen LogP contribution in [0.5, 0.6) is 0 Å². The predicted molar refractivity (Wildman–Crippen MR) is 85.9 cm³/mol. The average molecular weight is 305 g/mol. The topological polar surface area (TPSA) is 0 Å². The summed E-state index contributed by atoms with van der Waals surface area (Å²) in [5.41, 5.74) is 0.755. The SMILES string of the molecule is C1SC1CC(CC1CS1)(CC1CS1)CC1CS1. The second-order valence-corrected chi connectivity index (χ2v) is 11.5. The van der Waals surface area contributed by atoms with Crippen LogP contribution in [0.2, 0.25) is 0 Å². The zero-order valence-corrected chi connectivity index (χ0v) is 13.4. The molecule has 17 heavy (non-hydrogen) atoms. The van der Waals surface area contributed by atoms with E-state index in [9.17, 15) is 0 Å². The Kier molecular flexibility index (Phi) is 3.40. The molecule has 4 aliphatic heterocycles. The Morgan fingerprint density at radius 2 is 0.824 bits per heavy atom. The molecule has 4 aliphatic rings. The number of hydrogen-bond acceptors (Lipinski definition) is 4. The van der Waals surface area contributed by atoms with E-state index in [-0.39, 0.29) is 0 Å². The lowest BCUT2D eigenvalue weighted by molar-refractivity contribution is 0.217. The Bertz CT molecular complexity index is 228. The monoisotopic (exact) mass is 304 g/mol. The molecule has 0 nitrogen and oxygen atoms in total. The largest absolute Gasteiger partial charge is 0.157 e. The van der Waals surface area contributed by atoms with Crippen LogP contribution in [-0.2, 0) is 0 Å². The van der Waals surface area contributed by atoms with Crippen molar-refractivity contribution in [1.82, 2.24) is 0 Å². The molecule has 0 aromatic rings. The quantitative estimate of drug-likeness (QED) is 0.621. The Hall–Kier alpha value is 1.40. The highest BCUT2D eigenvalue weighted by molar-refractivity contribution is 8.07. The highest BCUT2D eigenvalue weighted by Gasteiger charge is 2.47. The molecule has 4 heteroatoms. The maximum absolute atomic E-state index is 2.22. The van der Waals surface area contributed by atoms with Crippen molar-refractivity contribution >= 4 is 47.0 Å². The van der Waals surface area contributed by atoms with Gasteiger partial charge in [0.1, 0.15) is 0 Å². The Morgan fingerprint density at radius 1 is 0.588 bits per heavy atom. The van der Waals surface area contributed by atoms with Crippen LogP contribution in [0.1, 0.15) is 25.7 Å². The van der Waals surface area contributed by atoms with E-state index in [4.69, 9.17) is 0 Å². The van der Waals surface area contributed by atoms with Crippen molar-refractivity contribution in [2.24, 2.45) is 5.41 Å². The second-order valence-electron chi connectivity index (χ2n) is 6.14. The number of hydrogen-bond donors (Lipinski definition) is 0. The zero-order chi connectivity index (χ0) is 11.3. The molecular formula is C13H20S4. The highest BCUT2D eigenvalue weighted by atomic mass is 32.2. The van der Waals surface area contributed by atoms with E-state index < -0.39 is 0 Å². The van der Waals surface area contributed by atoms with Crippen LogP contribution in [0.25, 0.3) is 0 Å². The lowest BCUT2D eigenvalue weighted by Gasteiger charge is -2.34. The van der Waals surface area contributed by atoms with Crippen LogP contribution < -0.4 is 0 Å². The van der Waals surface area contributed by atoms with Gasteiger partial charge in [0.05, 0.1) is 0 Å². The van der Waals surface area contributed by atoms with Crippen LogP contribution in [0, 0.1) is 5.41 Å². The van der Waals surface area contributed by atoms with E-state index in [1.165, 1.54) is 23.0 Å². The van der Waals surface area contributed by atoms with Crippen LogP contribution in [0.4, 0.5) is 0 Å².